The van der Waals surface area contributed by atoms with Crippen molar-refractivity contribution in [3.05, 3.63) is 11.1 Å². The fraction of sp³-hybridized carbons (Fsp3) is 0.667. The summed E-state index contributed by atoms with van der Waals surface area (Å²) in [7, 11) is 0. The van der Waals surface area contributed by atoms with Crippen molar-refractivity contribution >= 4 is 32.9 Å². The van der Waals surface area contributed by atoms with Gasteiger partial charge in [0.15, 0.2) is 0 Å². The first-order valence-corrected chi connectivity index (χ1v) is 3.82. The standard InChI is InChI=1S/C6H10BrN.BrH/c7-3-1-4-8-5-2-6-8;/h1,3H,2,4-6H2;1H/b3-1+;. The van der Waals surface area contributed by atoms with Crippen molar-refractivity contribution in [1.82, 2.24) is 4.90 Å². The lowest BCUT2D eigenvalue weighted by Gasteiger charge is -2.29. The van der Waals surface area contributed by atoms with Crippen molar-refractivity contribution in [3.63, 3.8) is 0 Å². The van der Waals surface area contributed by atoms with Gasteiger partial charge in [-0.3, -0.25) is 4.90 Å². The zero-order chi connectivity index (χ0) is 5.82. The maximum Gasteiger partial charge on any atom is 0.0171 e. The summed E-state index contributed by atoms with van der Waals surface area (Å²) in [6.45, 7) is 3.69. The Morgan fingerprint density at radius 3 is 2.44 bits per heavy atom. The molecule has 0 aromatic carbocycles. The van der Waals surface area contributed by atoms with Crippen molar-refractivity contribution in [2.24, 2.45) is 0 Å². The topological polar surface area (TPSA) is 3.24 Å². The largest absolute Gasteiger partial charge is 0.300 e. The maximum absolute atomic E-state index is 3.22. The summed E-state index contributed by atoms with van der Waals surface area (Å²) in [6, 6.07) is 0. The Hall–Kier alpha value is 0.660. The van der Waals surface area contributed by atoms with Gasteiger partial charge in [0.2, 0.25) is 0 Å². The molecular weight excluding hydrogens is 246 g/mol. The predicted molar refractivity (Wildman–Crippen MR) is 49.4 cm³/mol. The Balaban J connectivity index is 0.000000640. The first-order chi connectivity index (χ1) is 3.93. The molecule has 0 radical (unpaired) electrons. The van der Waals surface area contributed by atoms with Crippen LogP contribution in [-0.4, -0.2) is 24.5 Å². The average molecular weight is 257 g/mol. The van der Waals surface area contributed by atoms with Gasteiger partial charge in [0.25, 0.3) is 0 Å². The molecule has 0 spiro atoms. The summed E-state index contributed by atoms with van der Waals surface area (Å²) in [5, 5.41) is 0. The van der Waals surface area contributed by atoms with Crippen molar-refractivity contribution in [2.45, 2.75) is 6.42 Å². The third-order valence-corrected chi connectivity index (χ3v) is 1.78. The second-order valence-corrected chi connectivity index (χ2v) is 2.54. The van der Waals surface area contributed by atoms with E-state index in [1.54, 1.807) is 0 Å². The highest BCUT2D eigenvalue weighted by atomic mass is 79.9. The lowest BCUT2D eigenvalue weighted by molar-refractivity contribution is 0.203. The van der Waals surface area contributed by atoms with Crippen LogP contribution in [-0.2, 0) is 0 Å². The van der Waals surface area contributed by atoms with Gasteiger partial charge in [0.05, 0.1) is 0 Å². The molecule has 0 aliphatic carbocycles. The lowest BCUT2D eigenvalue weighted by Crippen LogP contribution is -2.36. The van der Waals surface area contributed by atoms with Crippen LogP contribution >= 0.6 is 32.9 Å². The zero-order valence-corrected chi connectivity index (χ0v) is 8.52. The normalized spacial score (nSPS) is 19.2. The summed E-state index contributed by atoms with van der Waals surface area (Å²) in [5.41, 5.74) is 0. The summed E-state index contributed by atoms with van der Waals surface area (Å²) in [4.78, 5) is 4.32. The molecule has 0 aromatic rings. The second-order valence-electron chi connectivity index (χ2n) is 2.02. The van der Waals surface area contributed by atoms with E-state index in [4.69, 9.17) is 0 Å². The van der Waals surface area contributed by atoms with Gasteiger partial charge in [0, 0.05) is 6.54 Å². The molecule has 0 saturated carbocycles. The van der Waals surface area contributed by atoms with Crippen LogP contribution in [0.3, 0.4) is 0 Å². The summed E-state index contributed by atoms with van der Waals surface area (Å²) >= 11 is 3.22. The first kappa shape index (κ1) is 9.66. The highest BCUT2D eigenvalue weighted by Crippen LogP contribution is 2.04. The van der Waals surface area contributed by atoms with Gasteiger partial charge in [-0.1, -0.05) is 22.0 Å². The van der Waals surface area contributed by atoms with Gasteiger partial charge in [-0.2, -0.15) is 0 Å². The smallest absolute Gasteiger partial charge is 0.0171 e. The molecule has 1 heterocycles. The number of halogens is 2. The van der Waals surface area contributed by atoms with Crippen LogP contribution in [0.1, 0.15) is 6.42 Å². The Labute approximate surface area is 75.0 Å². The fourth-order valence-electron chi connectivity index (χ4n) is 0.753. The first-order valence-electron chi connectivity index (χ1n) is 2.91. The van der Waals surface area contributed by atoms with Gasteiger partial charge in [-0.25, -0.2) is 0 Å². The van der Waals surface area contributed by atoms with Crippen molar-refractivity contribution in [3.8, 4) is 0 Å². The van der Waals surface area contributed by atoms with E-state index in [0.29, 0.717) is 0 Å². The molecule has 9 heavy (non-hydrogen) atoms. The fourth-order valence-corrected chi connectivity index (χ4v) is 0.920. The van der Waals surface area contributed by atoms with Crippen LogP contribution in [0.5, 0.6) is 0 Å². The van der Waals surface area contributed by atoms with Crippen LogP contribution in [0.25, 0.3) is 0 Å². The minimum absolute atomic E-state index is 0. The van der Waals surface area contributed by atoms with E-state index in [2.05, 4.69) is 26.9 Å². The predicted octanol–water partition coefficient (Wildman–Crippen LogP) is 2.18. The van der Waals surface area contributed by atoms with E-state index in [1.165, 1.54) is 19.5 Å². The van der Waals surface area contributed by atoms with Crippen molar-refractivity contribution in [2.75, 3.05) is 19.6 Å². The molecule has 1 aliphatic rings. The third kappa shape index (κ3) is 3.38. The zero-order valence-electron chi connectivity index (χ0n) is 5.22. The molecule has 54 valence electrons. The molecule has 1 aliphatic heterocycles. The van der Waals surface area contributed by atoms with Crippen LogP contribution in [0.4, 0.5) is 0 Å². The second kappa shape index (κ2) is 5.45. The van der Waals surface area contributed by atoms with Crippen molar-refractivity contribution in [1.29, 1.82) is 0 Å². The highest BCUT2D eigenvalue weighted by molar-refractivity contribution is 9.11. The molecule has 3 heteroatoms. The summed E-state index contributed by atoms with van der Waals surface area (Å²) in [6.07, 6.45) is 3.51. The molecular formula is C6H11Br2N. The molecule has 0 atom stereocenters. The molecule has 1 nitrogen and oxygen atoms in total. The van der Waals surface area contributed by atoms with E-state index < -0.39 is 0 Å². The van der Waals surface area contributed by atoms with E-state index in [-0.39, 0.29) is 17.0 Å². The molecule has 1 saturated heterocycles. The van der Waals surface area contributed by atoms with E-state index in [0.717, 1.165) is 6.54 Å². The third-order valence-electron chi connectivity index (χ3n) is 1.40. The minimum Gasteiger partial charge on any atom is -0.300 e. The van der Waals surface area contributed by atoms with E-state index >= 15 is 0 Å². The number of hydrogen-bond donors (Lipinski definition) is 0. The Morgan fingerprint density at radius 1 is 1.44 bits per heavy atom. The minimum atomic E-state index is 0. The molecule has 1 fully saturated rings. The highest BCUT2D eigenvalue weighted by Gasteiger charge is 2.10. The summed E-state index contributed by atoms with van der Waals surface area (Å²) in [5.74, 6) is 0. The Morgan fingerprint density at radius 2 is 2.11 bits per heavy atom. The number of nitrogens with zero attached hydrogens (tertiary/aromatic N) is 1. The van der Waals surface area contributed by atoms with Crippen LogP contribution in [0, 0.1) is 0 Å². The maximum atomic E-state index is 3.22. The number of likely N-dealkylation sites (tertiary alicyclic amines) is 1. The quantitative estimate of drug-likeness (QED) is 0.732. The average Bonchev–Trinajstić information content (AvgIpc) is 1.63. The van der Waals surface area contributed by atoms with Gasteiger partial charge in [-0.05, 0) is 24.5 Å². The van der Waals surface area contributed by atoms with Crippen LogP contribution in [0.2, 0.25) is 0 Å². The van der Waals surface area contributed by atoms with Gasteiger partial charge in [0.1, 0.15) is 0 Å². The van der Waals surface area contributed by atoms with Crippen molar-refractivity contribution < 1.29 is 0 Å². The lowest BCUT2D eigenvalue weighted by atomic mass is 10.2. The number of hydrogen-bond acceptors (Lipinski definition) is 1. The Bertz CT molecular complexity index is 89.1. The Kier molecular flexibility index (Phi) is 5.84. The van der Waals surface area contributed by atoms with Gasteiger partial charge in [-0.15, -0.1) is 17.0 Å². The monoisotopic (exact) mass is 255 g/mol. The molecule has 0 aromatic heterocycles. The molecule has 0 amide bonds. The molecule has 0 unspecified atom stereocenters. The molecule has 1 rings (SSSR count). The molecule has 0 bridgehead atoms. The van der Waals surface area contributed by atoms with E-state index in [9.17, 15) is 0 Å². The van der Waals surface area contributed by atoms with Gasteiger partial charge >= 0.3 is 0 Å². The van der Waals surface area contributed by atoms with E-state index in [1.807, 2.05) is 4.99 Å². The summed E-state index contributed by atoms with van der Waals surface area (Å²) < 4.78 is 0. The van der Waals surface area contributed by atoms with Crippen LogP contribution in [0.15, 0.2) is 11.1 Å². The van der Waals surface area contributed by atoms with Crippen LogP contribution < -0.4 is 0 Å². The number of rotatable bonds is 2. The SMILES string of the molecule is Br.Br/C=C/CN1CCC1. The van der Waals surface area contributed by atoms with Gasteiger partial charge < -0.3 is 0 Å². The molecule has 0 N–H and O–H groups in total.